The van der Waals surface area contributed by atoms with Gasteiger partial charge in [-0.05, 0) is 31.6 Å². The highest BCUT2D eigenvalue weighted by molar-refractivity contribution is 5.26. The van der Waals surface area contributed by atoms with Crippen molar-refractivity contribution in [2.45, 2.75) is 86.4 Å². The first-order chi connectivity index (χ1) is 9.49. The van der Waals surface area contributed by atoms with Crippen molar-refractivity contribution in [1.82, 2.24) is 15.1 Å². The van der Waals surface area contributed by atoms with Gasteiger partial charge in [-0.3, -0.25) is 4.68 Å². The lowest BCUT2D eigenvalue weighted by Crippen LogP contribution is -2.23. The molecule has 0 unspecified atom stereocenters. The second kappa shape index (κ2) is 8.46. The van der Waals surface area contributed by atoms with Crippen LogP contribution in [0, 0.1) is 5.92 Å². The molecule has 0 atom stereocenters. The van der Waals surface area contributed by atoms with E-state index in [9.17, 15) is 0 Å². The van der Waals surface area contributed by atoms with E-state index in [0.717, 1.165) is 31.8 Å². The highest BCUT2D eigenvalue weighted by atomic mass is 15.3. The summed E-state index contributed by atoms with van der Waals surface area (Å²) in [6.07, 6.45) is 4.61. The first-order valence-electron chi connectivity index (χ1n) is 8.30. The molecule has 0 radical (unpaired) electrons. The van der Waals surface area contributed by atoms with E-state index < -0.39 is 0 Å². The van der Waals surface area contributed by atoms with Crippen LogP contribution in [0.15, 0.2) is 0 Å². The molecule has 20 heavy (non-hydrogen) atoms. The molecule has 0 saturated carbocycles. The van der Waals surface area contributed by atoms with Gasteiger partial charge in [0.25, 0.3) is 0 Å². The molecule has 1 N–H and O–H groups in total. The van der Waals surface area contributed by atoms with E-state index in [1.807, 2.05) is 0 Å². The molecule has 1 heterocycles. The van der Waals surface area contributed by atoms with Gasteiger partial charge in [-0.15, -0.1) is 0 Å². The van der Waals surface area contributed by atoms with Crippen molar-refractivity contribution in [2.75, 3.05) is 0 Å². The van der Waals surface area contributed by atoms with Crippen molar-refractivity contribution in [3.05, 3.63) is 17.0 Å². The number of hydrogen-bond acceptors (Lipinski definition) is 2. The maximum atomic E-state index is 4.85. The third kappa shape index (κ3) is 4.93. The highest BCUT2D eigenvalue weighted by Crippen LogP contribution is 2.18. The van der Waals surface area contributed by atoms with Crippen LogP contribution in [0.25, 0.3) is 0 Å². The molecule has 0 aliphatic rings. The molecule has 0 aromatic carbocycles. The molecule has 0 spiro atoms. The number of aromatic nitrogens is 2. The molecule has 0 saturated heterocycles. The second-order valence-electron chi connectivity index (χ2n) is 6.37. The Kier molecular flexibility index (Phi) is 7.28. The van der Waals surface area contributed by atoms with Crippen LogP contribution in [0.5, 0.6) is 0 Å². The topological polar surface area (TPSA) is 29.9 Å². The van der Waals surface area contributed by atoms with Gasteiger partial charge in [-0.1, -0.05) is 41.5 Å². The number of nitrogens with one attached hydrogen (secondary N) is 1. The monoisotopic (exact) mass is 279 g/mol. The van der Waals surface area contributed by atoms with E-state index in [2.05, 4.69) is 51.5 Å². The fourth-order valence-electron chi connectivity index (χ4n) is 2.61. The molecule has 0 aliphatic heterocycles. The minimum Gasteiger partial charge on any atom is -0.310 e. The van der Waals surface area contributed by atoms with Crippen LogP contribution in [-0.2, 0) is 25.9 Å². The lowest BCUT2D eigenvalue weighted by molar-refractivity contribution is 0.478. The van der Waals surface area contributed by atoms with E-state index >= 15 is 0 Å². The van der Waals surface area contributed by atoms with Crippen LogP contribution in [0.4, 0.5) is 0 Å². The zero-order valence-electron chi connectivity index (χ0n) is 14.3. The second-order valence-corrected chi connectivity index (χ2v) is 6.37. The first kappa shape index (κ1) is 17.2. The van der Waals surface area contributed by atoms with Gasteiger partial charge < -0.3 is 5.32 Å². The Labute approximate surface area is 125 Å². The number of hydrogen-bond donors (Lipinski definition) is 1. The van der Waals surface area contributed by atoms with Gasteiger partial charge in [-0.25, -0.2) is 0 Å². The van der Waals surface area contributed by atoms with Crippen molar-refractivity contribution in [1.29, 1.82) is 0 Å². The fourth-order valence-corrected chi connectivity index (χ4v) is 2.61. The smallest absolute Gasteiger partial charge is 0.0669 e. The molecule has 1 aromatic heterocycles. The van der Waals surface area contributed by atoms with Crippen LogP contribution in [-0.4, -0.2) is 15.8 Å². The van der Waals surface area contributed by atoms with Crippen LogP contribution >= 0.6 is 0 Å². The summed E-state index contributed by atoms with van der Waals surface area (Å²) in [6, 6.07) is 0.522. The van der Waals surface area contributed by atoms with E-state index in [-0.39, 0.29) is 0 Å². The van der Waals surface area contributed by atoms with Crippen LogP contribution in [0.3, 0.4) is 0 Å². The Morgan fingerprint density at radius 3 is 2.30 bits per heavy atom. The zero-order chi connectivity index (χ0) is 15.1. The first-order valence-corrected chi connectivity index (χ1v) is 8.30. The third-order valence-corrected chi connectivity index (χ3v) is 3.76. The standard InChI is InChI=1S/C17H33N3/c1-7-16-15(12-18-14(5)6)17(8-2)20(19-16)11-9-10-13(3)4/h13-14,18H,7-12H2,1-6H3. The summed E-state index contributed by atoms with van der Waals surface area (Å²) in [7, 11) is 0. The van der Waals surface area contributed by atoms with Gasteiger partial charge in [0.1, 0.15) is 0 Å². The molecule has 3 nitrogen and oxygen atoms in total. The van der Waals surface area contributed by atoms with Crippen LogP contribution < -0.4 is 5.32 Å². The summed E-state index contributed by atoms with van der Waals surface area (Å²) >= 11 is 0. The third-order valence-electron chi connectivity index (χ3n) is 3.76. The largest absolute Gasteiger partial charge is 0.310 e. The number of aryl methyl sites for hydroxylation is 2. The van der Waals surface area contributed by atoms with Crippen LogP contribution in [0.2, 0.25) is 0 Å². The Balaban J connectivity index is 2.83. The Morgan fingerprint density at radius 1 is 1.10 bits per heavy atom. The van der Waals surface area contributed by atoms with E-state index in [1.54, 1.807) is 0 Å². The molecular weight excluding hydrogens is 246 g/mol. The van der Waals surface area contributed by atoms with E-state index in [1.165, 1.54) is 29.8 Å². The molecule has 3 heteroatoms. The van der Waals surface area contributed by atoms with Crippen molar-refractivity contribution < 1.29 is 0 Å². The van der Waals surface area contributed by atoms with Crippen molar-refractivity contribution in [3.8, 4) is 0 Å². The molecule has 0 amide bonds. The molecular formula is C17H33N3. The lowest BCUT2D eigenvalue weighted by Gasteiger charge is -2.11. The highest BCUT2D eigenvalue weighted by Gasteiger charge is 2.15. The van der Waals surface area contributed by atoms with Gasteiger partial charge >= 0.3 is 0 Å². The molecule has 0 bridgehead atoms. The predicted molar refractivity (Wildman–Crippen MR) is 87.0 cm³/mol. The number of nitrogens with zero attached hydrogens (tertiary/aromatic N) is 2. The molecule has 116 valence electrons. The summed E-state index contributed by atoms with van der Waals surface area (Å²) in [5.74, 6) is 0.781. The normalized spacial score (nSPS) is 11.8. The van der Waals surface area contributed by atoms with Crippen molar-refractivity contribution in [3.63, 3.8) is 0 Å². The van der Waals surface area contributed by atoms with Gasteiger partial charge in [-0.2, -0.15) is 5.10 Å². The van der Waals surface area contributed by atoms with Crippen LogP contribution in [0.1, 0.15) is 71.3 Å². The summed E-state index contributed by atoms with van der Waals surface area (Å²) in [6.45, 7) is 15.4. The maximum Gasteiger partial charge on any atom is 0.0669 e. The lowest BCUT2D eigenvalue weighted by atomic mass is 10.1. The SMILES string of the molecule is CCc1nn(CCCC(C)C)c(CC)c1CNC(C)C. The van der Waals surface area contributed by atoms with Gasteiger partial charge in [0.05, 0.1) is 5.69 Å². The number of rotatable bonds is 9. The summed E-state index contributed by atoms with van der Waals surface area (Å²) in [5, 5.41) is 8.40. The summed E-state index contributed by atoms with van der Waals surface area (Å²) in [5.41, 5.74) is 4.14. The quantitative estimate of drug-likeness (QED) is 0.742. The zero-order valence-corrected chi connectivity index (χ0v) is 14.3. The summed E-state index contributed by atoms with van der Waals surface area (Å²) < 4.78 is 2.26. The average molecular weight is 279 g/mol. The minimum atomic E-state index is 0.522. The Hall–Kier alpha value is -0.830. The van der Waals surface area contributed by atoms with E-state index in [0.29, 0.717) is 6.04 Å². The summed E-state index contributed by atoms with van der Waals surface area (Å²) in [4.78, 5) is 0. The maximum absolute atomic E-state index is 4.85. The minimum absolute atomic E-state index is 0.522. The van der Waals surface area contributed by atoms with Gasteiger partial charge in [0, 0.05) is 30.4 Å². The average Bonchev–Trinajstić information content (AvgIpc) is 2.72. The van der Waals surface area contributed by atoms with Crippen molar-refractivity contribution in [2.24, 2.45) is 5.92 Å². The van der Waals surface area contributed by atoms with Crippen molar-refractivity contribution >= 4 is 0 Å². The molecule has 1 aromatic rings. The van der Waals surface area contributed by atoms with E-state index in [4.69, 9.17) is 5.10 Å². The predicted octanol–water partition coefficient (Wildman–Crippen LogP) is 3.94. The molecule has 1 rings (SSSR count). The molecule has 0 fully saturated rings. The molecule has 0 aliphatic carbocycles. The fraction of sp³-hybridized carbons (Fsp3) is 0.824. The van der Waals surface area contributed by atoms with Gasteiger partial charge in [0.15, 0.2) is 0 Å². The Morgan fingerprint density at radius 2 is 1.80 bits per heavy atom. The Bertz CT molecular complexity index is 391. The van der Waals surface area contributed by atoms with Gasteiger partial charge in [0.2, 0.25) is 0 Å².